The smallest absolute Gasteiger partial charge is 0.214 e. The molecule has 0 fully saturated rings. The number of rotatable bonds is 6. The average Bonchev–Trinajstić information content (AvgIpc) is 2.88. The summed E-state index contributed by atoms with van der Waals surface area (Å²) in [6.07, 6.45) is 1.04. The molecule has 2 aromatic rings. The molecule has 1 heterocycles. The normalized spacial score (nSPS) is 11.7. The minimum Gasteiger partial charge on any atom is -0.330 e. The third-order valence-corrected chi connectivity index (χ3v) is 3.93. The first-order valence-electron chi connectivity index (χ1n) is 6.29. The molecule has 0 aliphatic carbocycles. The maximum absolute atomic E-state index is 5.73. The standard InChI is InChI=1S/C13H19N5S/c1-13(2,10-14)8-9-19-12-15-16-17-18(12)11-6-4-3-5-7-11/h3-7H,8-10,14H2,1-2H3. The summed E-state index contributed by atoms with van der Waals surface area (Å²) in [5.74, 6) is 0.956. The van der Waals surface area contributed by atoms with Crippen LogP contribution in [0, 0.1) is 5.41 Å². The molecule has 0 spiro atoms. The molecular formula is C13H19N5S. The van der Waals surface area contributed by atoms with Gasteiger partial charge in [0.25, 0.3) is 0 Å². The van der Waals surface area contributed by atoms with Gasteiger partial charge in [-0.2, -0.15) is 4.68 Å². The zero-order chi connectivity index (χ0) is 13.7. The van der Waals surface area contributed by atoms with E-state index in [0.717, 1.165) is 23.0 Å². The summed E-state index contributed by atoms with van der Waals surface area (Å²) in [5.41, 5.74) is 6.88. The van der Waals surface area contributed by atoms with Gasteiger partial charge in [-0.3, -0.25) is 0 Å². The number of tetrazole rings is 1. The second-order valence-corrected chi connectivity index (χ2v) is 6.24. The van der Waals surface area contributed by atoms with Gasteiger partial charge in [-0.25, -0.2) is 0 Å². The highest BCUT2D eigenvalue weighted by Crippen LogP contribution is 2.25. The van der Waals surface area contributed by atoms with E-state index < -0.39 is 0 Å². The van der Waals surface area contributed by atoms with E-state index in [2.05, 4.69) is 29.4 Å². The number of para-hydroxylation sites is 1. The van der Waals surface area contributed by atoms with Gasteiger partial charge in [0.1, 0.15) is 0 Å². The molecule has 0 unspecified atom stereocenters. The van der Waals surface area contributed by atoms with E-state index >= 15 is 0 Å². The summed E-state index contributed by atoms with van der Waals surface area (Å²) in [4.78, 5) is 0. The predicted molar refractivity (Wildman–Crippen MR) is 77.3 cm³/mol. The lowest BCUT2D eigenvalue weighted by Crippen LogP contribution is -2.24. The summed E-state index contributed by atoms with van der Waals surface area (Å²) in [7, 11) is 0. The summed E-state index contributed by atoms with van der Waals surface area (Å²) < 4.78 is 1.76. The molecule has 5 nitrogen and oxygen atoms in total. The Balaban J connectivity index is 2.01. The van der Waals surface area contributed by atoms with Crippen LogP contribution in [0.25, 0.3) is 5.69 Å². The molecule has 2 rings (SSSR count). The first kappa shape index (κ1) is 14.0. The lowest BCUT2D eigenvalue weighted by Gasteiger charge is -2.21. The van der Waals surface area contributed by atoms with Crippen molar-refractivity contribution in [2.45, 2.75) is 25.4 Å². The van der Waals surface area contributed by atoms with Gasteiger partial charge in [-0.1, -0.05) is 43.8 Å². The Morgan fingerprint density at radius 2 is 2.00 bits per heavy atom. The first-order chi connectivity index (χ1) is 9.12. The molecule has 2 N–H and O–H groups in total. The van der Waals surface area contributed by atoms with Crippen molar-refractivity contribution in [1.82, 2.24) is 20.2 Å². The van der Waals surface area contributed by atoms with E-state index in [9.17, 15) is 0 Å². The predicted octanol–water partition coefficient (Wildman–Crippen LogP) is 2.13. The third kappa shape index (κ3) is 3.78. The zero-order valence-corrected chi connectivity index (χ0v) is 12.1. The molecule has 0 aliphatic heterocycles. The number of thioether (sulfide) groups is 1. The fourth-order valence-electron chi connectivity index (χ4n) is 1.52. The third-order valence-electron chi connectivity index (χ3n) is 3.00. The Morgan fingerprint density at radius 3 is 2.68 bits per heavy atom. The largest absolute Gasteiger partial charge is 0.330 e. The van der Waals surface area contributed by atoms with E-state index in [4.69, 9.17) is 5.73 Å². The summed E-state index contributed by atoms with van der Waals surface area (Å²) in [6, 6.07) is 9.91. The van der Waals surface area contributed by atoms with Gasteiger partial charge in [0.05, 0.1) is 5.69 Å². The molecule has 0 amide bonds. The molecule has 0 aliphatic rings. The molecule has 0 radical (unpaired) electrons. The van der Waals surface area contributed by atoms with Crippen LogP contribution in [-0.2, 0) is 0 Å². The van der Waals surface area contributed by atoms with Crippen molar-refractivity contribution in [3.63, 3.8) is 0 Å². The van der Waals surface area contributed by atoms with E-state index in [0.29, 0.717) is 6.54 Å². The molecule has 1 aromatic heterocycles. The lowest BCUT2D eigenvalue weighted by atomic mass is 9.91. The Bertz CT molecular complexity index is 509. The van der Waals surface area contributed by atoms with Gasteiger partial charge in [-0.15, -0.1) is 5.10 Å². The maximum atomic E-state index is 5.73. The lowest BCUT2D eigenvalue weighted by molar-refractivity contribution is 0.368. The molecule has 1 aromatic carbocycles. The van der Waals surface area contributed by atoms with Gasteiger partial charge in [0.15, 0.2) is 0 Å². The number of aromatic nitrogens is 4. The van der Waals surface area contributed by atoms with Crippen molar-refractivity contribution in [1.29, 1.82) is 0 Å². The fraction of sp³-hybridized carbons (Fsp3) is 0.462. The second kappa shape index (κ2) is 6.16. The Labute approximate surface area is 117 Å². The molecule has 6 heteroatoms. The highest BCUT2D eigenvalue weighted by atomic mass is 32.2. The SMILES string of the molecule is CC(C)(CN)CCSc1nnnn1-c1ccccc1. The van der Waals surface area contributed by atoms with Crippen LogP contribution < -0.4 is 5.73 Å². The Kier molecular flexibility index (Phi) is 4.55. The molecule has 0 saturated heterocycles. The number of nitrogens with two attached hydrogens (primary N) is 1. The van der Waals surface area contributed by atoms with Crippen LogP contribution in [0.5, 0.6) is 0 Å². The highest BCUT2D eigenvalue weighted by molar-refractivity contribution is 7.99. The number of hydrogen-bond acceptors (Lipinski definition) is 5. The van der Waals surface area contributed by atoms with Crippen molar-refractivity contribution in [2.24, 2.45) is 11.1 Å². The number of hydrogen-bond donors (Lipinski definition) is 1. The van der Waals surface area contributed by atoms with Gasteiger partial charge in [-0.05, 0) is 40.9 Å². The molecule has 0 atom stereocenters. The van der Waals surface area contributed by atoms with Crippen molar-refractivity contribution < 1.29 is 0 Å². The van der Waals surface area contributed by atoms with E-state index in [-0.39, 0.29) is 5.41 Å². The quantitative estimate of drug-likeness (QED) is 0.819. The molecule has 0 bridgehead atoms. The van der Waals surface area contributed by atoms with Crippen LogP contribution in [0.15, 0.2) is 35.5 Å². The number of benzene rings is 1. The minimum atomic E-state index is 0.165. The molecule has 0 saturated carbocycles. The summed E-state index contributed by atoms with van der Waals surface area (Å²) >= 11 is 1.66. The second-order valence-electron chi connectivity index (χ2n) is 5.18. The van der Waals surface area contributed by atoms with E-state index in [1.54, 1.807) is 16.4 Å². The van der Waals surface area contributed by atoms with Gasteiger partial charge < -0.3 is 5.73 Å². The van der Waals surface area contributed by atoms with Gasteiger partial charge in [0, 0.05) is 5.75 Å². The molecule has 102 valence electrons. The Morgan fingerprint density at radius 1 is 1.26 bits per heavy atom. The van der Waals surface area contributed by atoms with Crippen LogP contribution in [-0.4, -0.2) is 32.5 Å². The summed E-state index contributed by atoms with van der Waals surface area (Å²) in [6.45, 7) is 5.04. The van der Waals surface area contributed by atoms with Crippen LogP contribution in [0.3, 0.4) is 0 Å². The summed E-state index contributed by atoms with van der Waals surface area (Å²) in [5, 5.41) is 12.7. The number of nitrogens with zero attached hydrogens (tertiary/aromatic N) is 4. The molecule has 19 heavy (non-hydrogen) atoms. The first-order valence-corrected chi connectivity index (χ1v) is 7.28. The van der Waals surface area contributed by atoms with E-state index in [1.165, 1.54) is 0 Å². The van der Waals surface area contributed by atoms with Crippen molar-refractivity contribution >= 4 is 11.8 Å². The fourth-order valence-corrected chi connectivity index (χ4v) is 2.72. The molecular weight excluding hydrogens is 258 g/mol. The monoisotopic (exact) mass is 277 g/mol. The highest BCUT2D eigenvalue weighted by Gasteiger charge is 2.16. The zero-order valence-electron chi connectivity index (χ0n) is 11.3. The van der Waals surface area contributed by atoms with Crippen LogP contribution in [0.2, 0.25) is 0 Å². The van der Waals surface area contributed by atoms with Crippen LogP contribution in [0.1, 0.15) is 20.3 Å². The minimum absolute atomic E-state index is 0.165. The van der Waals surface area contributed by atoms with Gasteiger partial charge in [0.2, 0.25) is 5.16 Å². The Hall–Kier alpha value is -1.40. The average molecular weight is 277 g/mol. The van der Waals surface area contributed by atoms with Crippen molar-refractivity contribution in [3.8, 4) is 5.69 Å². The van der Waals surface area contributed by atoms with Crippen LogP contribution in [0.4, 0.5) is 0 Å². The van der Waals surface area contributed by atoms with Crippen LogP contribution >= 0.6 is 11.8 Å². The topological polar surface area (TPSA) is 69.6 Å². The van der Waals surface area contributed by atoms with Crippen molar-refractivity contribution in [2.75, 3.05) is 12.3 Å². The van der Waals surface area contributed by atoms with Crippen molar-refractivity contribution in [3.05, 3.63) is 30.3 Å². The maximum Gasteiger partial charge on any atom is 0.214 e. The van der Waals surface area contributed by atoms with Gasteiger partial charge >= 0.3 is 0 Å². The van der Waals surface area contributed by atoms with E-state index in [1.807, 2.05) is 30.3 Å².